The van der Waals surface area contributed by atoms with E-state index in [-0.39, 0.29) is 6.10 Å². The van der Waals surface area contributed by atoms with Crippen molar-refractivity contribution in [3.05, 3.63) is 29.8 Å². The zero-order chi connectivity index (χ0) is 11.4. The van der Waals surface area contributed by atoms with Crippen LogP contribution in [0.25, 0.3) is 0 Å². The van der Waals surface area contributed by atoms with Gasteiger partial charge < -0.3 is 15.7 Å². The number of nitrogens with zero attached hydrogens (tertiary/aromatic N) is 1. The monoisotopic (exact) mass is 220 g/mol. The number of nitrogens with two attached hydrogens (primary N) is 1. The predicted octanol–water partition coefficient (Wildman–Crippen LogP) is 1.79. The van der Waals surface area contributed by atoms with Crippen molar-refractivity contribution in [2.75, 3.05) is 25.4 Å². The summed E-state index contributed by atoms with van der Waals surface area (Å²) in [6, 6.07) is 7.50. The molecule has 0 radical (unpaired) electrons. The van der Waals surface area contributed by atoms with E-state index in [1.165, 1.54) is 25.9 Å². The number of hydrogen-bond acceptors (Lipinski definition) is 3. The highest BCUT2D eigenvalue weighted by Crippen LogP contribution is 2.19. The fraction of sp³-hybridized carbons (Fsp3) is 0.538. The molecule has 1 aliphatic heterocycles. The Morgan fingerprint density at radius 1 is 1.19 bits per heavy atom. The molecular formula is C13H20N2O. The molecule has 1 atom stereocenters. The molecule has 1 unspecified atom stereocenters. The standard InChI is InChI=1S/C13H20N2O/c14-12-5-3-11(4-6-12)13(16)7-10-15-8-1-2-9-15/h3-6,13,16H,1-2,7-10,14H2. The zero-order valence-corrected chi connectivity index (χ0v) is 9.60. The molecule has 3 N–H and O–H groups in total. The minimum absolute atomic E-state index is 0.360. The van der Waals surface area contributed by atoms with E-state index in [4.69, 9.17) is 5.73 Å². The van der Waals surface area contributed by atoms with Gasteiger partial charge in [0.15, 0.2) is 0 Å². The summed E-state index contributed by atoms with van der Waals surface area (Å²) in [6.45, 7) is 3.37. The van der Waals surface area contributed by atoms with Gasteiger partial charge in [0.05, 0.1) is 6.10 Å². The SMILES string of the molecule is Nc1ccc(C(O)CCN2CCCC2)cc1. The number of anilines is 1. The average Bonchev–Trinajstić information content (AvgIpc) is 2.80. The van der Waals surface area contributed by atoms with Gasteiger partial charge in [-0.25, -0.2) is 0 Å². The van der Waals surface area contributed by atoms with Gasteiger partial charge in [-0.15, -0.1) is 0 Å². The van der Waals surface area contributed by atoms with Gasteiger partial charge in [-0.1, -0.05) is 12.1 Å². The summed E-state index contributed by atoms with van der Waals surface area (Å²) in [5.41, 5.74) is 7.32. The van der Waals surface area contributed by atoms with Crippen LogP contribution < -0.4 is 5.73 Å². The second-order valence-electron chi connectivity index (χ2n) is 4.52. The molecule has 16 heavy (non-hydrogen) atoms. The molecule has 0 aromatic heterocycles. The van der Waals surface area contributed by atoms with Crippen LogP contribution in [0.15, 0.2) is 24.3 Å². The smallest absolute Gasteiger partial charge is 0.0802 e. The summed E-state index contributed by atoms with van der Waals surface area (Å²) in [6.07, 6.45) is 3.06. The van der Waals surface area contributed by atoms with E-state index in [0.29, 0.717) is 0 Å². The normalized spacial score (nSPS) is 18.8. The van der Waals surface area contributed by atoms with Crippen molar-refractivity contribution >= 4 is 5.69 Å². The van der Waals surface area contributed by atoms with Crippen molar-refractivity contribution in [2.45, 2.75) is 25.4 Å². The molecule has 0 aliphatic carbocycles. The van der Waals surface area contributed by atoms with E-state index in [1.807, 2.05) is 24.3 Å². The first-order valence-corrected chi connectivity index (χ1v) is 6.01. The zero-order valence-electron chi connectivity index (χ0n) is 9.60. The summed E-state index contributed by atoms with van der Waals surface area (Å²) in [5, 5.41) is 10.0. The molecule has 3 nitrogen and oxygen atoms in total. The number of aliphatic hydroxyl groups excluding tert-OH is 1. The molecule has 0 spiro atoms. The van der Waals surface area contributed by atoms with Crippen LogP contribution in [0.5, 0.6) is 0 Å². The van der Waals surface area contributed by atoms with E-state index in [0.717, 1.165) is 24.2 Å². The van der Waals surface area contributed by atoms with Crippen molar-refractivity contribution in [1.29, 1.82) is 0 Å². The van der Waals surface area contributed by atoms with E-state index >= 15 is 0 Å². The quantitative estimate of drug-likeness (QED) is 0.761. The van der Waals surface area contributed by atoms with Crippen molar-refractivity contribution < 1.29 is 5.11 Å². The Kier molecular flexibility index (Phi) is 3.80. The van der Waals surface area contributed by atoms with Crippen molar-refractivity contribution in [1.82, 2.24) is 4.90 Å². The van der Waals surface area contributed by atoms with E-state index in [9.17, 15) is 5.11 Å². The highest BCUT2D eigenvalue weighted by molar-refractivity contribution is 5.39. The lowest BCUT2D eigenvalue weighted by Gasteiger charge is -2.17. The highest BCUT2D eigenvalue weighted by atomic mass is 16.3. The highest BCUT2D eigenvalue weighted by Gasteiger charge is 2.14. The molecule has 1 aliphatic rings. The number of hydrogen-bond donors (Lipinski definition) is 2. The molecule has 1 aromatic carbocycles. The fourth-order valence-corrected chi connectivity index (χ4v) is 2.20. The van der Waals surface area contributed by atoms with E-state index in [1.54, 1.807) is 0 Å². The Hall–Kier alpha value is -1.06. The lowest BCUT2D eigenvalue weighted by molar-refractivity contribution is 0.149. The van der Waals surface area contributed by atoms with Gasteiger partial charge in [0, 0.05) is 12.2 Å². The van der Waals surface area contributed by atoms with Gasteiger partial charge >= 0.3 is 0 Å². The Bertz CT molecular complexity index is 317. The molecule has 1 aromatic rings. The molecule has 1 saturated heterocycles. The average molecular weight is 220 g/mol. The van der Waals surface area contributed by atoms with Crippen LogP contribution in [0.2, 0.25) is 0 Å². The van der Waals surface area contributed by atoms with Crippen molar-refractivity contribution in [3.63, 3.8) is 0 Å². The summed E-state index contributed by atoms with van der Waals surface area (Å²) in [7, 11) is 0. The van der Waals surface area contributed by atoms with Crippen LogP contribution in [-0.2, 0) is 0 Å². The third-order valence-electron chi connectivity index (χ3n) is 3.24. The summed E-state index contributed by atoms with van der Waals surface area (Å²) >= 11 is 0. The lowest BCUT2D eigenvalue weighted by Crippen LogP contribution is -2.22. The van der Waals surface area contributed by atoms with Crippen LogP contribution in [0, 0.1) is 0 Å². The van der Waals surface area contributed by atoms with Gasteiger partial charge in [0.2, 0.25) is 0 Å². The number of likely N-dealkylation sites (tertiary alicyclic amines) is 1. The second-order valence-corrected chi connectivity index (χ2v) is 4.52. The largest absolute Gasteiger partial charge is 0.399 e. The minimum atomic E-state index is -0.360. The summed E-state index contributed by atoms with van der Waals surface area (Å²) < 4.78 is 0. The van der Waals surface area contributed by atoms with Crippen LogP contribution in [0.4, 0.5) is 5.69 Å². The first kappa shape index (κ1) is 11.4. The third kappa shape index (κ3) is 2.97. The van der Waals surface area contributed by atoms with Crippen molar-refractivity contribution in [2.24, 2.45) is 0 Å². The predicted molar refractivity (Wildman–Crippen MR) is 66.1 cm³/mol. The molecule has 0 saturated carbocycles. The topological polar surface area (TPSA) is 49.5 Å². The van der Waals surface area contributed by atoms with E-state index < -0.39 is 0 Å². The number of nitrogen functional groups attached to an aromatic ring is 1. The van der Waals surface area contributed by atoms with Crippen LogP contribution in [0.3, 0.4) is 0 Å². The lowest BCUT2D eigenvalue weighted by atomic mass is 10.1. The molecule has 3 heteroatoms. The second kappa shape index (κ2) is 5.32. The van der Waals surface area contributed by atoms with Crippen LogP contribution >= 0.6 is 0 Å². The number of aliphatic hydroxyl groups is 1. The molecule has 0 amide bonds. The number of benzene rings is 1. The Morgan fingerprint density at radius 3 is 2.44 bits per heavy atom. The Labute approximate surface area is 96.9 Å². The third-order valence-corrected chi connectivity index (χ3v) is 3.24. The first-order valence-electron chi connectivity index (χ1n) is 6.01. The van der Waals surface area contributed by atoms with Crippen LogP contribution in [-0.4, -0.2) is 29.6 Å². The van der Waals surface area contributed by atoms with Gasteiger partial charge in [-0.3, -0.25) is 0 Å². The maximum Gasteiger partial charge on any atom is 0.0802 e. The number of rotatable bonds is 4. The van der Waals surface area contributed by atoms with E-state index in [2.05, 4.69) is 4.90 Å². The van der Waals surface area contributed by atoms with Gasteiger partial charge in [-0.05, 0) is 50.0 Å². The Morgan fingerprint density at radius 2 is 1.81 bits per heavy atom. The van der Waals surface area contributed by atoms with Gasteiger partial charge in [-0.2, -0.15) is 0 Å². The molecule has 88 valence electrons. The summed E-state index contributed by atoms with van der Waals surface area (Å²) in [5.74, 6) is 0. The maximum absolute atomic E-state index is 10.0. The molecule has 1 heterocycles. The Balaban J connectivity index is 1.82. The molecule has 2 rings (SSSR count). The van der Waals surface area contributed by atoms with Crippen LogP contribution in [0.1, 0.15) is 30.9 Å². The van der Waals surface area contributed by atoms with Crippen molar-refractivity contribution in [3.8, 4) is 0 Å². The summed E-state index contributed by atoms with van der Waals surface area (Å²) in [4.78, 5) is 2.42. The molecular weight excluding hydrogens is 200 g/mol. The minimum Gasteiger partial charge on any atom is -0.399 e. The molecule has 0 bridgehead atoms. The molecule has 1 fully saturated rings. The fourth-order valence-electron chi connectivity index (χ4n) is 2.20. The first-order chi connectivity index (χ1) is 7.75. The van der Waals surface area contributed by atoms with Gasteiger partial charge in [0.25, 0.3) is 0 Å². The van der Waals surface area contributed by atoms with Gasteiger partial charge in [0.1, 0.15) is 0 Å². The maximum atomic E-state index is 10.0.